The van der Waals surface area contributed by atoms with Crippen LogP contribution in [0.15, 0.2) is 0 Å². The summed E-state index contributed by atoms with van der Waals surface area (Å²) in [5.74, 6) is -1.67. The third kappa shape index (κ3) is 20.5. The molecule has 0 saturated carbocycles. The normalized spacial score (nSPS) is 11.4. The number of esters is 1. The third-order valence-electron chi connectivity index (χ3n) is 1.48. The van der Waals surface area contributed by atoms with Crippen molar-refractivity contribution in [2.75, 3.05) is 34.3 Å². The van der Waals surface area contributed by atoms with E-state index in [0.29, 0.717) is 11.0 Å². The summed E-state index contributed by atoms with van der Waals surface area (Å²) in [6, 6.07) is 0. The molecule has 0 radical (unpaired) electrons. The van der Waals surface area contributed by atoms with E-state index in [4.69, 9.17) is 9.84 Å². The van der Waals surface area contributed by atoms with Crippen molar-refractivity contribution in [3.63, 3.8) is 0 Å². The number of aliphatic hydroxyl groups excluding tert-OH is 1. The molecule has 1 unspecified atom stereocenters. The first-order valence-electron chi connectivity index (χ1n) is 5.40. The number of carbonyl (C=O) groups excluding carboxylic acids is 2. The predicted molar refractivity (Wildman–Crippen MR) is 68.1 cm³/mol. The molecule has 1 atom stereocenters. The number of carboxylic acids is 1. The largest absolute Gasteiger partial charge is 0.550 e. The van der Waals surface area contributed by atoms with Gasteiger partial charge in [0, 0.05) is 25.9 Å². The van der Waals surface area contributed by atoms with Crippen molar-refractivity contribution >= 4 is 24.3 Å². The second-order valence-corrected chi connectivity index (χ2v) is 4.60. The molecule has 0 aliphatic rings. The highest BCUT2D eigenvalue weighted by atomic mass is 35.5. The zero-order valence-electron chi connectivity index (χ0n) is 11.6. The van der Waals surface area contributed by atoms with Gasteiger partial charge in [-0.15, -0.1) is 12.4 Å². The number of aliphatic hydroxyl groups is 1. The Morgan fingerprint density at radius 2 is 1.72 bits per heavy atom. The Hall–Kier alpha value is -0.850. The zero-order valence-corrected chi connectivity index (χ0v) is 12.5. The van der Waals surface area contributed by atoms with E-state index in [1.807, 2.05) is 21.1 Å². The van der Waals surface area contributed by atoms with Crippen molar-refractivity contribution < 1.29 is 29.0 Å². The lowest BCUT2D eigenvalue weighted by Crippen LogP contribution is -2.45. The first kappa shape index (κ1) is 22.3. The number of hydrogen-bond donors (Lipinski definition) is 1. The Labute approximate surface area is 115 Å². The smallest absolute Gasteiger partial charge is 0.303 e. The van der Waals surface area contributed by atoms with Gasteiger partial charge in [-0.1, -0.05) is 0 Å². The highest BCUT2D eigenvalue weighted by Crippen LogP contribution is 2.04. The van der Waals surface area contributed by atoms with Crippen molar-refractivity contribution in [3.05, 3.63) is 0 Å². The molecule has 0 heterocycles. The van der Waals surface area contributed by atoms with Crippen LogP contribution in [0.1, 0.15) is 20.3 Å². The van der Waals surface area contributed by atoms with Crippen LogP contribution < -0.4 is 5.11 Å². The van der Waals surface area contributed by atoms with Gasteiger partial charge in [-0.3, -0.25) is 4.79 Å². The minimum absolute atomic E-state index is 0. The molecule has 7 heteroatoms. The lowest BCUT2D eigenvalue weighted by Gasteiger charge is -2.28. The molecule has 0 aromatic heterocycles. The maximum Gasteiger partial charge on any atom is 0.303 e. The van der Waals surface area contributed by atoms with Crippen LogP contribution in [0.25, 0.3) is 0 Å². The van der Waals surface area contributed by atoms with Crippen LogP contribution in [-0.2, 0) is 14.3 Å². The molecule has 110 valence electrons. The number of hydrogen-bond acceptors (Lipinski definition) is 5. The van der Waals surface area contributed by atoms with Gasteiger partial charge in [0.2, 0.25) is 0 Å². The first-order valence-corrected chi connectivity index (χ1v) is 5.40. The minimum Gasteiger partial charge on any atom is -0.550 e. The number of rotatable bonds is 5. The van der Waals surface area contributed by atoms with Crippen LogP contribution in [-0.4, -0.2) is 61.9 Å². The second kappa shape index (κ2) is 11.3. The highest BCUT2D eigenvalue weighted by Gasteiger charge is 2.20. The van der Waals surface area contributed by atoms with Gasteiger partial charge >= 0.3 is 5.97 Å². The fraction of sp³-hybridized carbons (Fsp3) is 0.818. The van der Waals surface area contributed by atoms with Crippen molar-refractivity contribution in [2.24, 2.45) is 0 Å². The molecule has 0 fully saturated rings. The summed E-state index contributed by atoms with van der Waals surface area (Å²) >= 11 is 0. The summed E-state index contributed by atoms with van der Waals surface area (Å²) in [5, 5.41) is 17.9. The van der Waals surface area contributed by atoms with Crippen LogP contribution in [0, 0.1) is 0 Å². The van der Waals surface area contributed by atoms with Crippen molar-refractivity contribution in [1.29, 1.82) is 0 Å². The van der Waals surface area contributed by atoms with Gasteiger partial charge < -0.3 is 24.2 Å². The van der Waals surface area contributed by atoms with Crippen LogP contribution >= 0.6 is 12.4 Å². The van der Waals surface area contributed by atoms with Crippen LogP contribution in [0.4, 0.5) is 0 Å². The van der Waals surface area contributed by atoms with Gasteiger partial charge in [0.1, 0.15) is 6.54 Å². The summed E-state index contributed by atoms with van der Waals surface area (Å²) in [5.41, 5.74) is 0. The topological polar surface area (TPSA) is 86.7 Å². The molecule has 0 aliphatic heterocycles. The Kier molecular flexibility index (Phi) is 14.0. The van der Waals surface area contributed by atoms with Gasteiger partial charge in [0.15, 0.2) is 6.10 Å². The summed E-state index contributed by atoms with van der Waals surface area (Å²) in [7, 11) is 5.68. The van der Waals surface area contributed by atoms with Crippen LogP contribution in [0.5, 0.6) is 0 Å². The number of nitrogens with zero attached hydrogens (tertiary/aromatic N) is 1. The molecule has 0 rings (SSSR count). The Bertz CT molecular complexity index is 224. The van der Waals surface area contributed by atoms with Crippen LogP contribution in [0.2, 0.25) is 0 Å². The number of aliphatic carboxylic acids is 1. The predicted octanol–water partition coefficient (Wildman–Crippen LogP) is -0.815. The molecule has 0 aromatic rings. The Morgan fingerprint density at radius 3 is 1.94 bits per heavy atom. The SMILES string of the molecule is CC(=O)OC(CC(=O)[O-])C[N+](C)(C)C.CCO.Cl. The third-order valence-corrected chi connectivity index (χ3v) is 1.48. The molecular weight excluding hydrogens is 262 g/mol. The summed E-state index contributed by atoms with van der Waals surface area (Å²) < 4.78 is 5.39. The Balaban J connectivity index is -0.000000507. The fourth-order valence-electron chi connectivity index (χ4n) is 1.17. The average Bonchev–Trinajstić information content (AvgIpc) is 1.97. The van der Waals surface area contributed by atoms with E-state index in [9.17, 15) is 14.7 Å². The van der Waals surface area contributed by atoms with Crippen molar-refractivity contribution in [1.82, 2.24) is 0 Å². The molecule has 0 bridgehead atoms. The van der Waals surface area contributed by atoms with Gasteiger partial charge in [-0.05, 0) is 6.92 Å². The number of carbonyl (C=O) groups is 2. The molecule has 0 aliphatic carbocycles. The maximum absolute atomic E-state index is 10.7. The lowest BCUT2D eigenvalue weighted by atomic mass is 10.2. The molecule has 6 nitrogen and oxygen atoms in total. The van der Waals surface area contributed by atoms with E-state index in [-0.39, 0.29) is 25.4 Å². The van der Waals surface area contributed by atoms with Gasteiger partial charge in [-0.25, -0.2) is 0 Å². The van der Waals surface area contributed by atoms with Crippen molar-refractivity contribution in [3.8, 4) is 0 Å². The minimum atomic E-state index is -1.20. The number of halogens is 1. The quantitative estimate of drug-likeness (QED) is 0.527. The molecule has 0 amide bonds. The first-order chi connectivity index (χ1) is 7.62. The number of ether oxygens (including phenoxy) is 1. The van der Waals surface area contributed by atoms with Crippen LogP contribution in [0.3, 0.4) is 0 Å². The van der Waals surface area contributed by atoms with E-state index < -0.39 is 18.0 Å². The molecule has 0 spiro atoms. The molecule has 0 saturated heterocycles. The zero-order chi connectivity index (χ0) is 14.1. The monoisotopic (exact) mass is 285 g/mol. The fourth-order valence-corrected chi connectivity index (χ4v) is 1.17. The van der Waals surface area contributed by atoms with E-state index in [1.54, 1.807) is 6.92 Å². The number of likely N-dealkylation sites (N-methyl/N-ethyl adjacent to an activating group) is 1. The second-order valence-electron chi connectivity index (χ2n) is 4.60. The van der Waals surface area contributed by atoms with Crippen molar-refractivity contribution in [2.45, 2.75) is 26.4 Å². The number of quaternary nitrogens is 1. The average molecular weight is 286 g/mol. The van der Waals surface area contributed by atoms with Gasteiger partial charge in [0.05, 0.1) is 21.1 Å². The van der Waals surface area contributed by atoms with E-state index in [1.165, 1.54) is 6.92 Å². The van der Waals surface area contributed by atoms with E-state index in [2.05, 4.69) is 0 Å². The standard InChI is InChI=1S/C9H17NO4.C2H6O.ClH/c1-7(11)14-8(5-9(12)13)6-10(2,3)4;1-2-3;/h8H,5-6H2,1-4H3;3H,2H2,1H3;1H. The van der Waals surface area contributed by atoms with E-state index >= 15 is 0 Å². The molecule has 18 heavy (non-hydrogen) atoms. The number of carboxylic acid groups (broad SMARTS) is 1. The van der Waals surface area contributed by atoms with Gasteiger partial charge in [-0.2, -0.15) is 0 Å². The maximum atomic E-state index is 10.7. The summed E-state index contributed by atoms with van der Waals surface area (Å²) in [4.78, 5) is 21.0. The molecule has 0 aromatic carbocycles. The van der Waals surface area contributed by atoms with Gasteiger partial charge in [0.25, 0.3) is 0 Å². The summed E-state index contributed by atoms with van der Waals surface area (Å²) in [6.07, 6.45) is -0.868. The molecule has 1 N–H and O–H groups in total. The van der Waals surface area contributed by atoms with E-state index in [0.717, 1.165) is 0 Å². The lowest BCUT2D eigenvalue weighted by molar-refractivity contribution is -0.873. The highest BCUT2D eigenvalue weighted by molar-refractivity contribution is 5.85. The Morgan fingerprint density at radius 1 is 1.33 bits per heavy atom. The molecular formula is C11H24ClNO5. The summed E-state index contributed by atoms with van der Waals surface area (Å²) in [6.45, 7) is 3.64.